The standard InChI is InChI=1S/C19H29F3N4O/c1-5-23-18(24-12-16-10-13(2)17(27)14(3)11-16)26-8-6-25(7-9-26)15(4)19(20,21)22/h10-11,15,27H,5-9,12H2,1-4H3,(H,23,24). The van der Waals surface area contributed by atoms with Crippen LogP contribution in [0.5, 0.6) is 5.75 Å². The molecular formula is C19H29F3N4O. The number of nitrogens with zero attached hydrogens (tertiary/aromatic N) is 3. The van der Waals surface area contributed by atoms with Gasteiger partial charge in [-0.3, -0.25) is 4.90 Å². The van der Waals surface area contributed by atoms with Crippen LogP contribution in [0.4, 0.5) is 13.2 Å². The number of phenols is 1. The van der Waals surface area contributed by atoms with Crippen molar-refractivity contribution < 1.29 is 18.3 Å². The summed E-state index contributed by atoms with van der Waals surface area (Å²) in [4.78, 5) is 8.12. The smallest absolute Gasteiger partial charge is 0.403 e. The maximum absolute atomic E-state index is 12.9. The van der Waals surface area contributed by atoms with E-state index in [1.54, 1.807) is 0 Å². The number of aliphatic imine (C=N–C) groups is 1. The molecule has 1 aromatic carbocycles. The van der Waals surface area contributed by atoms with Gasteiger partial charge in [-0.25, -0.2) is 4.99 Å². The molecule has 1 aliphatic rings. The fourth-order valence-corrected chi connectivity index (χ4v) is 3.26. The normalized spacial score (nSPS) is 17.9. The van der Waals surface area contributed by atoms with E-state index >= 15 is 0 Å². The first-order valence-corrected chi connectivity index (χ1v) is 9.26. The molecule has 1 aromatic rings. The second-order valence-corrected chi connectivity index (χ2v) is 6.99. The predicted molar refractivity (Wildman–Crippen MR) is 101 cm³/mol. The fourth-order valence-electron chi connectivity index (χ4n) is 3.26. The minimum absolute atomic E-state index is 0.296. The third-order valence-electron chi connectivity index (χ3n) is 4.93. The van der Waals surface area contributed by atoms with Crippen LogP contribution in [-0.2, 0) is 6.54 Å². The van der Waals surface area contributed by atoms with Crippen LogP contribution in [0, 0.1) is 13.8 Å². The van der Waals surface area contributed by atoms with Gasteiger partial charge in [0.25, 0.3) is 0 Å². The molecule has 1 heterocycles. The summed E-state index contributed by atoms with van der Waals surface area (Å²) in [6.07, 6.45) is -4.20. The molecule has 5 nitrogen and oxygen atoms in total. The quantitative estimate of drug-likeness (QED) is 0.617. The van der Waals surface area contributed by atoms with Crippen molar-refractivity contribution in [2.24, 2.45) is 4.99 Å². The second-order valence-electron chi connectivity index (χ2n) is 6.99. The highest BCUT2D eigenvalue weighted by Crippen LogP contribution is 2.25. The van der Waals surface area contributed by atoms with E-state index in [9.17, 15) is 18.3 Å². The van der Waals surface area contributed by atoms with Crippen molar-refractivity contribution in [3.63, 3.8) is 0 Å². The number of aromatic hydroxyl groups is 1. The first kappa shape index (κ1) is 21.3. The van der Waals surface area contributed by atoms with E-state index in [0.29, 0.717) is 51.0 Å². The lowest BCUT2D eigenvalue weighted by atomic mass is 10.1. The Morgan fingerprint density at radius 1 is 1.19 bits per heavy atom. The lowest BCUT2D eigenvalue weighted by molar-refractivity contribution is -0.181. The third-order valence-corrected chi connectivity index (χ3v) is 4.93. The van der Waals surface area contributed by atoms with Crippen molar-refractivity contribution in [3.8, 4) is 5.75 Å². The third kappa shape index (κ3) is 5.51. The fraction of sp³-hybridized carbons (Fsp3) is 0.632. The molecular weight excluding hydrogens is 357 g/mol. The lowest BCUT2D eigenvalue weighted by Crippen LogP contribution is -2.56. The highest BCUT2D eigenvalue weighted by atomic mass is 19.4. The van der Waals surface area contributed by atoms with E-state index in [4.69, 9.17) is 0 Å². The highest BCUT2D eigenvalue weighted by Gasteiger charge is 2.41. The summed E-state index contributed by atoms with van der Waals surface area (Å²) in [5, 5.41) is 13.1. The first-order valence-electron chi connectivity index (χ1n) is 9.26. The minimum atomic E-state index is -4.20. The van der Waals surface area contributed by atoms with Gasteiger partial charge >= 0.3 is 6.18 Å². The van der Waals surface area contributed by atoms with Gasteiger partial charge in [0.15, 0.2) is 5.96 Å². The molecule has 2 N–H and O–H groups in total. The first-order chi connectivity index (χ1) is 12.6. The summed E-state index contributed by atoms with van der Waals surface area (Å²) in [5.74, 6) is 1.00. The number of nitrogens with one attached hydrogen (secondary N) is 1. The maximum Gasteiger partial charge on any atom is 0.403 e. The van der Waals surface area contributed by atoms with Gasteiger partial charge in [0.1, 0.15) is 11.8 Å². The summed E-state index contributed by atoms with van der Waals surface area (Å²) in [7, 11) is 0. The summed E-state index contributed by atoms with van der Waals surface area (Å²) >= 11 is 0. The van der Waals surface area contributed by atoms with Crippen LogP contribution >= 0.6 is 0 Å². The van der Waals surface area contributed by atoms with Gasteiger partial charge in [0.2, 0.25) is 0 Å². The van der Waals surface area contributed by atoms with Crippen molar-refractivity contribution >= 4 is 5.96 Å². The summed E-state index contributed by atoms with van der Waals surface area (Å²) in [6, 6.07) is 2.37. The predicted octanol–water partition coefficient (Wildman–Crippen LogP) is 3.04. The van der Waals surface area contributed by atoms with Gasteiger partial charge in [-0.05, 0) is 44.4 Å². The zero-order chi connectivity index (χ0) is 20.2. The number of guanidine groups is 1. The SMILES string of the molecule is CCNC(=NCc1cc(C)c(O)c(C)c1)N1CCN(C(C)C(F)(F)F)CC1. The van der Waals surface area contributed by atoms with Crippen molar-refractivity contribution in [2.75, 3.05) is 32.7 Å². The summed E-state index contributed by atoms with van der Waals surface area (Å²) in [5.41, 5.74) is 2.60. The minimum Gasteiger partial charge on any atom is -0.507 e. The Balaban J connectivity index is 2.04. The topological polar surface area (TPSA) is 51.1 Å². The molecule has 27 heavy (non-hydrogen) atoms. The molecule has 1 saturated heterocycles. The largest absolute Gasteiger partial charge is 0.507 e. The Hall–Kier alpha value is -1.96. The molecule has 1 aliphatic heterocycles. The molecule has 8 heteroatoms. The van der Waals surface area contributed by atoms with E-state index in [1.807, 2.05) is 37.8 Å². The molecule has 0 aliphatic carbocycles. The maximum atomic E-state index is 12.9. The Bertz CT molecular complexity index is 644. The van der Waals surface area contributed by atoms with Crippen LogP contribution in [0.3, 0.4) is 0 Å². The van der Waals surface area contributed by atoms with Gasteiger partial charge in [-0.1, -0.05) is 12.1 Å². The van der Waals surface area contributed by atoms with Gasteiger partial charge in [-0.2, -0.15) is 13.2 Å². The Labute approximate surface area is 158 Å². The van der Waals surface area contributed by atoms with E-state index in [1.165, 1.54) is 11.8 Å². The summed E-state index contributed by atoms with van der Waals surface area (Å²) < 4.78 is 38.7. The van der Waals surface area contributed by atoms with Crippen molar-refractivity contribution in [3.05, 3.63) is 28.8 Å². The molecule has 0 radical (unpaired) electrons. The molecule has 152 valence electrons. The van der Waals surface area contributed by atoms with E-state index < -0.39 is 12.2 Å². The zero-order valence-corrected chi connectivity index (χ0v) is 16.4. The van der Waals surface area contributed by atoms with Gasteiger partial charge in [0, 0.05) is 32.7 Å². The van der Waals surface area contributed by atoms with Crippen molar-refractivity contribution in [1.29, 1.82) is 0 Å². The Morgan fingerprint density at radius 2 is 1.74 bits per heavy atom. The monoisotopic (exact) mass is 386 g/mol. The molecule has 0 saturated carbocycles. The molecule has 1 unspecified atom stereocenters. The number of phenolic OH excluding ortho intramolecular Hbond substituents is 1. The van der Waals surface area contributed by atoms with Gasteiger partial charge in [-0.15, -0.1) is 0 Å². The van der Waals surface area contributed by atoms with E-state index in [2.05, 4.69) is 10.3 Å². The van der Waals surface area contributed by atoms with Crippen LogP contribution in [0.1, 0.15) is 30.5 Å². The van der Waals surface area contributed by atoms with Crippen molar-refractivity contribution in [2.45, 2.75) is 46.5 Å². The second kappa shape index (κ2) is 8.82. The Morgan fingerprint density at radius 3 is 2.22 bits per heavy atom. The number of hydrogen-bond acceptors (Lipinski definition) is 3. The number of halogens is 3. The van der Waals surface area contributed by atoms with E-state index in [0.717, 1.165) is 16.7 Å². The molecule has 1 atom stereocenters. The molecule has 0 amide bonds. The number of benzene rings is 1. The number of aryl methyl sites for hydroxylation is 2. The van der Waals surface area contributed by atoms with Gasteiger partial charge < -0.3 is 15.3 Å². The number of hydrogen-bond donors (Lipinski definition) is 2. The zero-order valence-electron chi connectivity index (χ0n) is 16.4. The van der Waals surface area contributed by atoms with Crippen molar-refractivity contribution in [1.82, 2.24) is 15.1 Å². The molecule has 2 rings (SSSR count). The van der Waals surface area contributed by atoms with Crippen LogP contribution in [0.2, 0.25) is 0 Å². The lowest BCUT2D eigenvalue weighted by Gasteiger charge is -2.39. The highest BCUT2D eigenvalue weighted by molar-refractivity contribution is 5.80. The molecule has 1 fully saturated rings. The average molecular weight is 386 g/mol. The molecule has 0 aromatic heterocycles. The van der Waals surface area contributed by atoms with Crippen LogP contribution in [0.15, 0.2) is 17.1 Å². The molecule has 0 bridgehead atoms. The number of piperazine rings is 1. The number of alkyl halides is 3. The van der Waals surface area contributed by atoms with Crippen LogP contribution in [-0.4, -0.2) is 65.8 Å². The van der Waals surface area contributed by atoms with Crippen LogP contribution in [0.25, 0.3) is 0 Å². The Kier molecular flexibility index (Phi) is 6.97. The average Bonchev–Trinajstić information content (AvgIpc) is 2.61. The summed E-state index contributed by atoms with van der Waals surface area (Å²) in [6.45, 7) is 9.71. The van der Waals surface area contributed by atoms with Crippen LogP contribution < -0.4 is 5.32 Å². The van der Waals surface area contributed by atoms with Gasteiger partial charge in [0.05, 0.1) is 6.54 Å². The van der Waals surface area contributed by atoms with E-state index in [-0.39, 0.29) is 0 Å². The number of rotatable bonds is 4. The molecule has 0 spiro atoms.